The van der Waals surface area contributed by atoms with Crippen LogP contribution >= 0.6 is 0 Å². The van der Waals surface area contributed by atoms with Gasteiger partial charge in [0.05, 0.1) is 19.3 Å². The van der Waals surface area contributed by atoms with Crippen molar-refractivity contribution >= 4 is 11.8 Å². The molecule has 8 heteroatoms. The van der Waals surface area contributed by atoms with Crippen LogP contribution in [0.3, 0.4) is 0 Å². The summed E-state index contributed by atoms with van der Waals surface area (Å²) in [5.41, 5.74) is -0.658. The van der Waals surface area contributed by atoms with Crippen LogP contribution in [0, 0.1) is 0 Å². The highest BCUT2D eigenvalue weighted by Crippen LogP contribution is 2.31. The summed E-state index contributed by atoms with van der Waals surface area (Å²) in [6, 6.07) is 0.166. The number of piperidine rings is 1. The molecule has 2 fully saturated rings. The van der Waals surface area contributed by atoms with Crippen LogP contribution in [0.2, 0.25) is 0 Å². The molecule has 2 aliphatic heterocycles. The molecular weight excluding hydrogens is 310 g/mol. The van der Waals surface area contributed by atoms with Crippen LogP contribution in [0.25, 0.3) is 0 Å². The molecule has 132 valence electrons. The quantitative estimate of drug-likeness (QED) is 0.854. The van der Waals surface area contributed by atoms with Gasteiger partial charge < -0.3 is 14.9 Å². The molecule has 2 amide bonds. The number of β-amino-alcohol motifs (C(OH)–C–C–N with tert-alkyl or cyclic N) is 1. The van der Waals surface area contributed by atoms with Gasteiger partial charge in [-0.3, -0.25) is 9.59 Å². The summed E-state index contributed by atoms with van der Waals surface area (Å²) in [5, 5.41) is 18.9. The number of aliphatic hydroxyl groups is 1. The number of carbonyl (C=O) groups is 2. The van der Waals surface area contributed by atoms with E-state index in [-0.39, 0.29) is 30.9 Å². The summed E-state index contributed by atoms with van der Waals surface area (Å²) in [4.78, 5) is 27.6. The zero-order valence-corrected chi connectivity index (χ0v) is 14.3. The van der Waals surface area contributed by atoms with Crippen molar-refractivity contribution < 1.29 is 14.7 Å². The number of rotatable bonds is 4. The maximum Gasteiger partial charge on any atom is 0.242 e. The molecule has 0 bridgehead atoms. The minimum Gasteiger partial charge on any atom is -0.381 e. The van der Waals surface area contributed by atoms with E-state index in [1.165, 1.54) is 0 Å². The Labute approximate surface area is 141 Å². The van der Waals surface area contributed by atoms with Crippen molar-refractivity contribution in [2.75, 3.05) is 26.2 Å². The topological polar surface area (TPSA) is 91.6 Å². The van der Waals surface area contributed by atoms with Gasteiger partial charge in [-0.2, -0.15) is 0 Å². The lowest BCUT2D eigenvalue weighted by molar-refractivity contribution is -0.141. The number of amides is 2. The molecule has 2 saturated heterocycles. The molecule has 3 rings (SSSR count). The van der Waals surface area contributed by atoms with E-state index in [0.29, 0.717) is 31.6 Å². The molecule has 24 heavy (non-hydrogen) atoms. The lowest BCUT2D eigenvalue weighted by atomic mass is 10.00. The van der Waals surface area contributed by atoms with E-state index in [1.54, 1.807) is 20.7 Å². The van der Waals surface area contributed by atoms with E-state index >= 15 is 0 Å². The smallest absolute Gasteiger partial charge is 0.242 e. The first-order valence-corrected chi connectivity index (χ1v) is 8.59. The van der Waals surface area contributed by atoms with Crippen molar-refractivity contribution in [3.8, 4) is 0 Å². The first kappa shape index (κ1) is 16.9. The third kappa shape index (κ3) is 3.28. The highest BCUT2D eigenvalue weighted by atomic mass is 16.3. The summed E-state index contributed by atoms with van der Waals surface area (Å²) in [5.74, 6) is -0.0682. The van der Waals surface area contributed by atoms with Crippen LogP contribution in [0.15, 0.2) is 6.20 Å². The molecule has 1 N–H and O–H groups in total. The zero-order chi connectivity index (χ0) is 17.3. The molecule has 1 aromatic rings. The molecular formula is C16H25N5O3. The molecule has 1 aromatic heterocycles. The van der Waals surface area contributed by atoms with Crippen LogP contribution in [0.5, 0.6) is 0 Å². The Morgan fingerprint density at radius 1 is 1.38 bits per heavy atom. The number of likely N-dealkylation sites (tertiary alicyclic amines) is 2. The average molecular weight is 335 g/mol. The second kappa shape index (κ2) is 6.51. The van der Waals surface area contributed by atoms with Gasteiger partial charge in [-0.1, -0.05) is 5.21 Å². The Bertz CT molecular complexity index is 629. The molecule has 0 aliphatic carbocycles. The predicted octanol–water partition coefficient (Wildman–Crippen LogP) is 0.291. The summed E-state index contributed by atoms with van der Waals surface area (Å²) in [7, 11) is 0. The first-order valence-electron chi connectivity index (χ1n) is 8.59. The molecule has 0 saturated carbocycles. The Morgan fingerprint density at radius 3 is 2.83 bits per heavy atom. The largest absolute Gasteiger partial charge is 0.381 e. The molecule has 0 radical (unpaired) electrons. The number of nitrogens with zero attached hydrogens (tertiary/aromatic N) is 5. The summed E-state index contributed by atoms with van der Waals surface area (Å²) in [6.45, 7) is 5.39. The number of aromatic nitrogens is 3. The highest BCUT2D eigenvalue weighted by Gasteiger charge is 2.42. The van der Waals surface area contributed by atoms with E-state index in [9.17, 15) is 14.7 Å². The van der Waals surface area contributed by atoms with Gasteiger partial charge in [0.15, 0.2) is 0 Å². The number of hydrogen-bond donors (Lipinski definition) is 1. The molecule has 8 nitrogen and oxygen atoms in total. The second-order valence-corrected chi connectivity index (χ2v) is 7.05. The molecule has 1 atom stereocenters. The fourth-order valence-electron chi connectivity index (χ4n) is 3.25. The van der Waals surface area contributed by atoms with Crippen molar-refractivity contribution in [3.05, 3.63) is 11.9 Å². The van der Waals surface area contributed by atoms with Crippen LogP contribution in [0.4, 0.5) is 0 Å². The normalized spacial score (nSPS) is 24.9. The fourth-order valence-corrected chi connectivity index (χ4v) is 3.25. The summed E-state index contributed by atoms with van der Waals surface area (Å²) < 4.78 is 1.70. The van der Waals surface area contributed by atoms with Gasteiger partial charge in [0.1, 0.15) is 11.3 Å². The van der Waals surface area contributed by atoms with Crippen LogP contribution in [-0.2, 0) is 15.2 Å². The maximum atomic E-state index is 12.5. The van der Waals surface area contributed by atoms with Crippen LogP contribution in [-0.4, -0.2) is 67.9 Å². The van der Waals surface area contributed by atoms with E-state index in [0.717, 1.165) is 12.8 Å². The van der Waals surface area contributed by atoms with E-state index in [2.05, 4.69) is 10.3 Å². The molecule has 0 spiro atoms. The minimum absolute atomic E-state index is 0.0453. The summed E-state index contributed by atoms with van der Waals surface area (Å²) in [6.07, 6.45) is 4.55. The Kier molecular flexibility index (Phi) is 4.58. The fraction of sp³-hybridized carbons (Fsp3) is 0.750. The van der Waals surface area contributed by atoms with E-state index in [4.69, 9.17) is 0 Å². The Hall–Kier alpha value is -1.96. The van der Waals surface area contributed by atoms with Crippen LogP contribution < -0.4 is 0 Å². The van der Waals surface area contributed by atoms with Crippen molar-refractivity contribution in [3.63, 3.8) is 0 Å². The minimum atomic E-state index is -1.16. The Morgan fingerprint density at radius 2 is 2.17 bits per heavy atom. The molecule has 0 aromatic carbocycles. The SMILES string of the molecule is CC(C)n1cc([C@]2(O)CCN(C(=O)CN3CCCCC3=O)C2)nn1. The van der Waals surface area contributed by atoms with E-state index < -0.39 is 5.60 Å². The van der Waals surface area contributed by atoms with Gasteiger partial charge in [-0.05, 0) is 26.7 Å². The van der Waals surface area contributed by atoms with Gasteiger partial charge in [0.2, 0.25) is 11.8 Å². The maximum absolute atomic E-state index is 12.5. The first-order chi connectivity index (χ1) is 11.4. The van der Waals surface area contributed by atoms with Gasteiger partial charge in [-0.15, -0.1) is 5.10 Å². The van der Waals surface area contributed by atoms with Gasteiger partial charge in [0, 0.05) is 32.0 Å². The lowest BCUT2D eigenvalue weighted by Gasteiger charge is -2.28. The van der Waals surface area contributed by atoms with Gasteiger partial charge in [-0.25, -0.2) is 4.68 Å². The molecule has 0 unspecified atom stereocenters. The summed E-state index contributed by atoms with van der Waals surface area (Å²) >= 11 is 0. The number of carbonyl (C=O) groups excluding carboxylic acids is 2. The molecule has 2 aliphatic rings. The second-order valence-electron chi connectivity index (χ2n) is 7.05. The zero-order valence-electron chi connectivity index (χ0n) is 14.3. The van der Waals surface area contributed by atoms with Crippen molar-refractivity contribution in [1.29, 1.82) is 0 Å². The third-order valence-corrected chi connectivity index (χ3v) is 4.86. The Balaban J connectivity index is 1.63. The third-order valence-electron chi connectivity index (χ3n) is 4.86. The van der Waals surface area contributed by atoms with E-state index in [1.807, 2.05) is 13.8 Å². The van der Waals surface area contributed by atoms with Gasteiger partial charge in [0.25, 0.3) is 0 Å². The van der Waals surface area contributed by atoms with Crippen molar-refractivity contribution in [1.82, 2.24) is 24.8 Å². The van der Waals surface area contributed by atoms with Gasteiger partial charge >= 0.3 is 0 Å². The lowest BCUT2D eigenvalue weighted by Crippen LogP contribution is -2.45. The standard InChI is InChI=1S/C16H25N5O3/c1-12(2)21-9-13(17-18-21)16(24)6-8-20(11-16)15(23)10-19-7-4-3-5-14(19)22/h9,12,24H,3-8,10-11H2,1-2H3/t16-/m0/s1. The molecule has 3 heterocycles. The van der Waals surface area contributed by atoms with Crippen molar-refractivity contribution in [2.24, 2.45) is 0 Å². The van der Waals surface area contributed by atoms with Crippen LogP contribution in [0.1, 0.15) is 51.3 Å². The van der Waals surface area contributed by atoms with Crippen molar-refractivity contribution in [2.45, 2.75) is 51.2 Å². The highest BCUT2D eigenvalue weighted by molar-refractivity contribution is 5.85. The predicted molar refractivity (Wildman–Crippen MR) is 85.9 cm³/mol. The monoisotopic (exact) mass is 335 g/mol. The average Bonchev–Trinajstić information content (AvgIpc) is 3.17. The number of hydrogen-bond acceptors (Lipinski definition) is 5.